The Bertz CT molecular complexity index is 829. The third kappa shape index (κ3) is 2.58. The van der Waals surface area contributed by atoms with E-state index in [4.69, 9.17) is 5.73 Å². The van der Waals surface area contributed by atoms with Gasteiger partial charge in [0.2, 0.25) is 5.91 Å². The van der Waals surface area contributed by atoms with Gasteiger partial charge in [-0.25, -0.2) is 13.2 Å². The van der Waals surface area contributed by atoms with Crippen LogP contribution in [0.4, 0.5) is 13.2 Å². The minimum atomic E-state index is -2.14. The average Bonchev–Trinajstić information content (AvgIpc) is 2.59. The largest absolute Gasteiger partial charge is 0.368 e. The average molecular weight is 341 g/mol. The van der Waals surface area contributed by atoms with Crippen molar-refractivity contribution in [2.45, 2.75) is 5.41 Å². The molecule has 0 fully saturated rings. The molecule has 1 amide bonds. The van der Waals surface area contributed by atoms with E-state index in [1.165, 1.54) is 54.6 Å². The molecule has 0 aromatic heterocycles. The van der Waals surface area contributed by atoms with Crippen LogP contribution in [0.25, 0.3) is 0 Å². The molecule has 0 bridgehead atoms. The first-order chi connectivity index (χ1) is 12.0. The van der Waals surface area contributed by atoms with E-state index in [1.54, 1.807) is 0 Å². The summed E-state index contributed by atoms with van der Waals surface area (Å²) in [5, 5.41) is 0. The number of carbonyl (C=O) groups is 1. The summed E-state index contributed by atoms with van der Waals surface area (Å²) in [5.74, 6) is -3.43. The van der Waals surface area contributed by atoms with Gasteiger partial charge in [-0.15, -0.1) is 0 Å². The Morgan fingerprint density at radius 2 is 0.920 bits per heavy atom. The summed E-state index contributed by atoms with van der Waals surface area (Å²) in [7, 11) is 0. The van der Waals surface area contributed by atoms with Gasteiger partial charge < -0.3 is 5.73 Å². The molecule has 0 spiro atoms. The number of halogens is 3. The minimum absolute atomic E-state index is 0.210. The number of hydrogen-bond acceptors (Lipinski definition) is 1. The summed E-state index contributed by atoms with van der Waals surface area (Å²) < 4.78 is 43.9. The summed E-state index contributed by atoms with van der Waals surface area (Å²) in [5.41, 5.74) is 2.87. The lowest BCUT2D eigenvalue weighted by atomic mass is 9.68. The lowest BCUT2D eigenvalue weighted by Gasteiger charge is -2.33. The van der Waals surface area contributed by atoms with E-state index < -0.39 is 28.8 Å². The molecule has 0 saturated carbocycles. The maximum absolute atomic E-state index is 14.6. The molecule has 0 aliphatic carbocycles. The van der Waals surface area contributed by atoms with E-state index in [0.29, 0.717) is 0 Å². The van der Waals surface area contributed by atoms with E-state index in [0.717, 1.165) is 18.2 Å². The van der Waals surface area contributed by atoms with Gasteiger partial charge in [-0.1, -0.05) is 54.6 Å². The highest BCUT2D eigenvalue weighted by Gasteiger charge is 2.47. The molecule has 0 unspecified atom stereocenters. The third-order valence-corrected chi connectivity index (χ3v) is 4.20. The van der Waals surface area contributed by atoms with Crippen molar-refractivity contribution in [3.8, 4) is 0 Å². The highest BCUT2D eigenvalue weighted by Crippen LogP contribution is 2.42. The second-order valence-corrected chi connectivity index (χ2v) is 5.55. The molecule has 3 aromatic carbocycles. The van der Waals surface area contributed by atoms with Gasteiger partial charge in [0, 0.05) is 16.7 Å². The van der Waals surface area contributed by atoms with Gasteiger partial charge in [0.05, 0.1) is 0 Å². The van der Waals surface area contributed by atoms with Gasteiger partial charge in [0.15, 0.2) is 0 Å². The van der Waals surface area contributed by atoms with Gasteiger partial charge in [-0.3, -0.25) is 4.79 Å². The smallest absolute Gasteiger partial charge is 0.237 e. The van der Waals surface area contributed by atoms with Crippen molar-refractivity contribution in [3.05, 3.63) is 107 Å². The number of nitrogens with two attached hydrogens (primary N) is 1. The van der Waals surface area contributed by atoms with E-state index in [1.807, 2.05) is 0 Å². The van der Waals surface area contributed by atoms with Gasteiger partial charge in [0.25, 0.3) is 0 Å². The van der Waals surface area contributed by atoms with Gasteiger partial charge in [0.1, 0.15) is 22.9 Å². The van der Waals surface area contributed by atoms with Crippen LogP contribution in [0, 0.1) is 17.5 Å². The molecule has 2 N–H and O–H groups in total. The number of primary amides is 1. The summed E-state index contributed by atoms with van der Waals surface area (Å²) in [4.78, 5) is 12.6. The Balaban J connectivity index is 2.52. The van der Waals surface area contributed by atoms with Crippen LogP contribution in [0.5, 0.6) is 0 Å². The van der Waals surface area contributed by atoms with Crippen LogP contribution < -0.4 is 5.73 Å². The van der Waals surface area contributed by atoms with Crippen molar-refractivity contribution in [2.75, 3.05) is 0 Å². The topological polar surface area (TPSA) is 43.1 Å². The molecule has 2 nitrogen and oxygen atoms in total. The molecule has 126 valence electrons. The Morgan fingerprint density at radius 3 is 1.16 bits per heavy atom. The van der Waals surface area contributed by atoms with Crippen molar-refractivity contribution >= 4 is 5.91 Å². The van der Waals surface area contributed by atoms with E-state index in [-0.39, 0.29) is 16.7 Å². The zero-order chi connectivity index (χ0) is 18.0. The zero-order valence-electron chi connectivity index (χ0n) is 13.0. The van der Waals surface area contributed by atoms with Crippen LogP contribution >= 0.6 is 0 Å². The molecule has 0 radical (unpaired) electrons. The van der Waals surface area contributed by atoms with Crippen LogP contribution in [0.2, 0.25) is 0 Å². The first-order valence-electron chi connectivity index (χ1n) is 7.54. The molecule has 0 saturated heterocycles. The summed E-state index contributed by atoms with van der Waals surface area (Å²) in [6, 6.07) is 16.0. The SMILES string of the molecule is NC(=O)C(c1ccccc1F)(c1ccccc1F)c1ccccc1F. The predicted octanol–water partition coefficient (Wildman–Crippen LogP) is 3.92. The Morgan fingerprint density at radius 1 is 0.640 bits per heavy atom. The Kier molecular flexibility index (Phi) is 4.31. The first kappa shape index (κ1) is 16.8. The van der Waals surface area contributed by atoms with Crippen LogP contribution in [-0.2, 0) is 10.2 Å². The number of carbonyl (C=O) groups excluding carboxylic acids is 1. The lowest BCUT2D eigenvalue weighted by Crippen LogP contribution is -2.45. The Labute approximate surface area is 142 Å². The second-order valence-electron chi connectivity index (χ2n) is 5.55. The first-order valence-corrected chi connectivity index (χ1v) is 7.54. The molecule has 0 atom stereocenters. The molecule has 5 heteroatoms. The molecule has 0 heterocycles. The normalized spacial score (nSPS) is 11.3. The Hall–Kier alpha value is -3.08. The minimum Gasteiger partial charge on any atom is -0.368 e. The number of hydrogen-bond donors (Lipinski definition) is 1. The lowest BCUT2D eigenvalue weighted by molar-refractivity contribution is -0.121. The molecule has 3 rings (SSSR count). The molecular weight excluding hydrogens is 327 g/mol. The second kappa shape index (κ2) is 6.43. The molecule has 0 aliphatic heterocycles. The van der Waals surface area contributed by atoms with Crippen LogP contribution in [0.3, 0.4) is 0 Å². The predicted molar refractivity (Wildman–Crippen MR) is 88.3 cm³/mol. The van der Waals surface area contributed by atoms with E-state index in [2.05, 4.69) is 0 Å². The zero-order valence-corrected chi connectivity index (χ0v) is 13.0. The van der Waals surface area contributed by atoms with Crippen molar-refractivity contribution in [1.29, 1.82) is 0 Å². The summed E-state index contributed by atoms with van der Waals surface area (Å²) in [6.07, 6.45) is 0. The van der Waals surface area contributed by atoms with Crippen molar-refractivity contribution in [1.82, 2.24) is 0 Å². The van der Waals surface area contributed by atoms with Gasteiger partial charge in [-0.2, -0.15) is 0 Å². The quantitative estimate of drug-likeness (QED) is 0.718. The fraction of sp³-hybridized carbons (Fsp3) is 0.0500. The van der Waals surface area contributed by atoms with Crippen LogP contribution in [-0.4, -0.2) is 5.91 Å². The van der Waals surface area contributed by atoms with Crippen LogP contribution in [0.15, 0.2) is 72.8 Å². The van der Waals surface area contributed by atoms with Gasteiger partial charge in [-0.05, 0) is 18.2 Å². The fourth-order valence-corrected chi connectivity index (χ4v) is 3.13. The van der Waals surface area contributed by atoms with Crippen molar-refractivity contribution in [3.63, 3.8) is 0 Å². The molecule has 25 heavy (non-hydrogen) atoms. The molecule has 0 aliphatic rings. The summed E-state index contributed by atoms with van der Waals surface area (Å²) >= 11 is 0. The van der Waals surface area contributed by atoms with E-state index >= 15 is 0 Å². The standard InChI is InChI=1S/C20H14F3NO/c21-16-10-4-1-7-13(16)20(19(24)25,14-8-2-5-11-17(14)22)15-9-3-6-12-18(15)23/h1-12H,(H2,24,25). The van der Waals surface area contributed by atoms with Crippen molar-refractivity contribution in [2.24, 2.45) is 5.73 Å². The number of amides is 1. The maximum Gasteiger partial charge on any atom is 0.237 e. The maximum atomic E-state index is 14.6. The number of rotatable bonds is 4. The van der Waals surface area contributed by atoms with Crippen molar-refractivity contribution < 1.29 is 18.0 Å². The molecular formula is C20H14F3NO. The van der Waals surface area contributed by atoms with Crippen LogP contribution in [0.1, 0.15) is 16.7 Å². The molecule has 3 aromatic rings. The third-order valence-electron chi connectivity index (χ3n) is 4.20. The summed E-state index contributed by atoms with van der Waals surface area (Å²) in [6.45, 7) is 0. The monoisotopic (exact) mass is 341 g/mol. The highest BCUT2D eigenvalue weighted by molar-refractivity contribution is 5.95. The number of benzene rings is 3. The highest BCUT2D eigenvalue weighted by atomic mass is 19.1. The van der Waals surface area contributed by atoms with Gasteiger partial charge >= 0.3 is 0 Å². The van der Waals surface area contributed by atoms with E-state index in [9.17, 15) is 18.0 Å². The fourth-order valence-electron chi connectivity index (χ4n) is 3.13.